The highest BCUT2D eigenvalue weighted by Gasteiger charge is 2.32. The van der Waals surface area contributed by atoms with Gasteiger partial charge in [0.15, 0.2) is 5.92 Å². The lowest BCUT2D eigenvalue weighted by Gasteiger charge is -2.16. The molecule has 0 N–H and O–H groups in total. The van der Waals surface area contributed by atoms with Crippen molar-refractivity contribution in [1.29, 1.82) is 0 Å². The third-order valence-electron chi connectivity index (χ3n) is 3.31. The fourth-order valence-electron chi connectivity index (χ4n) is 2.15. The Morgan fingerprint density at radius 1 is 0.923 bits per heavy atom. The molecule has 7 heteroatoms. The Hall–Kier alpha value is -2.34. The van der Waals surface area contributed by atoms with Crippen molar-refractivity contribution in [2.45, 2.75) is 27.2 Å². The fraction of sp³-hybridized carbons (Fsp3) is 0.421. The molecule has 0 saturated carbocycles. The summed E-state index contributed by atoms with van der Waals surface area (Å²) in [5.41, 5.74) is 0.851. The van der Waals surface area contributed by atoms with Crippen LogP contribution in [0.1, 0.15) is 32.8 Å². The van der Waals surface area contributed by atoms with E-state index in [9.17, 15) is 14.4 Å². The van der Waals surface area contributed by atoms with Gasteiger partial charge in [-0.2, -0.15) is 0 Å². The zero-order valence-electron chi connectivity index (χ0n) is 15.1. The molecule has 26 heavy (non-hydrogen) atoms. The molecule has 0 saturated heterocycles. The SMILES string of the molecule is CCOC(=O)/C(=C/c1ccc(Cl)cc1)CC(C(=O)OCC)C(=O)OCC. The first kappa shape index (κ1) is 21.7. The van der Waals surface area contributed by atoms with Crippen LogP contribution in [0.15, 0.2) is 29.8 Å². The highest BCUT2D eigenvalue weighted by molar-refractivity contribution is 6.30. The quantitative estimate of drug-likeness (QED) is 0.282. The van der Waals surface area contributed by atoms with Crippen LogP contribution in [0.5, 0.6) is 0 Å². The second-order valence-electron chi connectivity index (χ2n) is 5.20. The van der Waals surface area contributed by atoms with Crippen LogP contribution in [0.25, 0.3) is 6.08 Å². The predicted octanol–water partition coefficient (Wildman–Crippen LogP) is 3.42. The number of carbonyl (C=O) groups excluding carboxylic acids is 3. The van der Waals surface area contributed by atoms with E-state index in [1.807, 2.05) is 0 Å². The normalized spacial score (nSPS) is 11.2. The highest BCUT2D eigenvalue weighted by atomic mass is 35.5. The van der Waals surface area contributed by atoms with Crippen molar-refractivity contribution in [1.82, 2.24) is 0 Å². The van der Waals surface area contributed by atoms with Gasteiger partial charge >= 0.3 is 17.9 Å². The van der Waals surface area contributed by atoms with Crippen LogP contribution >= 0.6 is 11.6 Å². The predicted molar refractivity (Wildman–Crippen MR) is 97.4 cm³/mol. The van der Waals surface area contributed by atoms with Crippen LogP contribution in [-0.2, 0) is 28.6 Å². The van der Waals surface area contributed by atoms with E-state index in [-0.39, 0.29) is 31.8 Å². The van der Waals surface area contributed by atoms with E-state index < -0.39 is 23.8 Å². The standard InChI is InChI=1S/C19H23ClO6/c1-4-24-17(21)14(11-13-7-9-15(20)10-8-13)12-16(18(22)25-5-2)19(23)26-6-3/h7-11,16H,4-6,12H2,1-3H3/b14-11+. The lowest BCUT2D eigenvalue weighted by molar-refractivity contribution is -0.161. The molecule has 0 aromatic heterocycles. The van der Waals surface area contributed by atoms with Crippen LogP contribution in [-0.4, -0.2) is 37.7 Å². The number of hydrogen-bond donors (Lipinski definition) is 0. The number of rotatable bonds is 9. The Bertz CT molecular complexity index is 632. The maximum atomic E-state index is 12.3. The second kappa shape index (κ2) is 11.3. The van der Waals surface area contributed by atoms with E-state index in [4.69, 9.17) is 25.8 Å². The summed E-state index contributed by atoms with van der Waals surface area (Å²) in [7, 11) is 0. The Balaban J connectivity index is 3.17. The van der Waals surface area contributed by atoms with Gasteiger partial charge in [-0.05, 0) is 44.5 Å². The molecule has 0 fully saturated rings. The Morgan fingerprint density at radius 3 is 1.88 bits per heavy atom. The smallest absolute Gasteiger partial charge is 0.334 e. The Kier molecular flexibility index (Phi) is 9.44. The summed E-state index contributed by atoms with van der Waals surface area (Å²) in [4.78, 5) is 36.6. The van der Waals surface area contributed by atoms with Gasteiger partial charge in [0.1, 0.15) is 0 Å². The van der Waals surface area contributed by atoms with Gasteiger partial charge in [-0.25, -0.2) is 4.79 Å². The van der Waals surface area contributed by atoms with Crippen molar-refractivity contribution in [3.63, 3.8) is 0 Å². The molecule has 0 unspecified atom stereocenters. The maximum absolute atomic E-state index is 12.3. The van der Waals surface area contributed by atoms with E-state index in [1.54, 1.807) is 51.1 Å². The minimum absolute atomic E-state index is 0.115. The molecule has 0 spiro atoms. The van der Waals surface area contributed by atoms with E-state index in [0.29, 0.717) is 10.6 Å². The summed E-state index contributed by atoms with van der Waals surface area (Å²) in [6.07, 6.45) is 1.37. The molecule has 6 nitrogen and oxygen atoms in total. The first-order valence-corrected chi connectivity index (χ1v) is 8.77. The van der Waals surface area contributed by atoms with Crippen LogP contribution in [0.3, 0.4) is 0 Å². The third-order valence-corrected chi connectivity index (χ3v) is 3.57. The average Bonchev–Trinajstić information content (AvgIpc) is 2.60. The minimum atomic E-state index is -1.24. The molecule has 142 valence electrons. The van der Waals surface area contributed by atoms with Gasteiger partial charge in [0.05, 0.1) is 19.8 Å². The maximum Gasteiger partial charge on any atom is 0.334 e. The molecule has 0 aliphatic heterocycles. The molecular formula is C19H23ClO6. The molecular weight excluding hydrogens is 360 g/mol. The molecule has 1 aromatic carbocycles. The Labute approximate surface area is 158 Å². The molecule has 0 amide bonds. The fourth-order valence-corrected chi connectivity index (χ4v) is 2.28. The Morgan fingerprint density at radius 2 is 1.42 bits per heavy atom. The number of esters is 3. The number of halogens is 1. The highest BCUT2D eigenvalue weighted by Crippen LogP contribution is 2.21. The largest absolute Gasteiger partial charge is 0.465 e. The topological polar surface area (TPSA) is 78.9 Å². The van der Waals surface area contributed by atoms with Gasteiger partial charge in [0, 0.05) is 17.0 Å². The molecule has 0 radical (unpaired) electrons. The van der Waals surface area contributed by atoms with Crippen molar-refractivity contribution < 1.29 is 28.6 Å². The van der Waals surface area contributed by atoms with Crippen LogP contribution in [0.4, 0.5) is 0 Å². The molecule has 0 atom stereocenters. The zero-order chi connectivity index (χ0) is 19.5. The summed E-state index contributed by atoms with van der Waals surface area (Å²) in [6.45, 7) is 5.34. The number of ether oxygens (including phenoxy) is 3. The molecule has 0 aliphatic rings. The van der Waals surface area contributed by atoms with Crippen molar-refractivity contribution in [3.05, 3.63) is 40.4 Å². The van der Waals surface area contributed by atoms with E-state index >= 15 is 0 Å². The van der Waals surface area contributed by atoms with Crippen molar-refractivity contribution >= 4 is 35.6 Å². The van der Waals surface area contributed by atoms with Crippen molar-refractivity contribution in [3.8, 4) is 0 Å². The van der Waals surface area contributed by atoms with E-state index in [1.165, 1.54) is 0 Å². The minimum Gasteiger partial charge on any atom is -0.465 e. The molecule has 0 bridgehead atoms. The average molecular weight is 383 g/mol. The lowest BCUT2D eigenvalue weighted by atomic mass is 9.97. The molecule has 1 rings (SSSR count). The zero-order valence-corrected chi connectivity index (χ0v) is 15.9. The number of hydrogen-bond acceptors (Lipinski definition) is 6. The second-order valence-corrected chi connectivity index (χ2v) is 5.64. The number of carbonyl (C=O) groups is 3. The van der Waals surface area contributed by atoms with Gasteiger partial charge in [-0.1, -0.05) is 23.7 Å². The summed E-state index contributed by atoms with van der Waals surface area (Å²) in [6, 6.07) is 6.77. The van der Waals surface area contributed by atoms with Gasteiger partial charge in [0.25, 0.3) is 0 Å². The van der Waals surface area contributed by atoms with Crippen LogP contribution < -0.4 is 0 Å². The number of benzene rings is 1. The molecule has 0 heterocycles. The third kappa shape index (κ3) is 6.88. The van der Waals surface area contributed by atoms with E-state index in [2.05, 4.69) is 0 Å². The summed E-state index contributed by atoms with van der Waals surface area (Å²) < 4.78 is 14.9. The molecule has 1 aromatic rings. The van der Waals surface area contributed by atoms with Crippen molar-refractivity contribution in [2.75, 3.05) is 19.8 Å². The van der Waals surface area contributed by atoms with E-state index in [0.717, 1.165) is 0 Å². The van der Waals surface area contributed by atoms with Gasteiger partial charge in [0.2, 0.25) is 0 Å². The van der Waals surface area contributed by atoms with Crippen molar-refractivity contribution in [2.24, 2.45) is 5.92 Å². The monoisotopic (exact) mass is 382 g/mol. The van der Waals surface area contributed by atoms with Crippen LogP contribution in [0, 0.1) is 5.92 Å². The van der Waals surface area contributed by atoms with Gasteiger partial charge in [-0.15, -0.1) is 0 Å². The molecule has 0 aliphatic carbocycles. The first-order chi connectivity index (χ1) is 12.4. The van der Waals surface area contributed by atoms with Crippen LogP contribution in [0.2, 0.25) is 5.02 Å². The summed E-state index contributed by atoms with van der Waals surface area (Å²) in [5.74, 6) is -3.33. The van der Waals surface area contributed by atoms with Gasteiger partial charge in [-0.3, -0.25) is 9.59 Å². The lowest BCUT2D eigenvalue weighted by Crippen LogP contribution is -2.29. The summed E-state index contributed by atoms with van der Waals surface area (Å²) in [5, 5.41) is 0.552. The first-order valence-electron chi connectivity index (χ1n) is 8.39. The summed E-state index contributed by atoms with van der Waals surface area (Å²) >= 11 is 5.86. The van der Waals surface area contributed by atoms with Gasteiger partial charge < -0.3 is 14.2 Å².